The van der Waals surface area contributed by atoms with Gasteiger partial charge in [0.15, 0.2) is 0 Å². The fourth-order valence-electron chi connectivity index (χ4n) is 8.15. The second-order valence-corrected chi connectivity index (χ2v) is 16.0. The van der Waals surface area contributed by atoms with Gasteiger partial charge in [0.1, 0.15) is 6.04 Å². The van der Waals surface area contributed by atoms with Crippen LogP contribution in [0.25, 0.3) is 0 Å². The number of rotatable bonds is 22. The van der Waals surface area contributed by atoms with Crippen molar-refractivity contribution in [2.24, 2.45) is 23.7 Å². The van der Waals surface area contributed by atoms with Gasteiger partial charge in [0.2, 0.25) is 23.6 Å². The minimum Gasteiger partial charge on any atom is -0.399 e. The number of methoxy groups -OCH3 is 2. The Labute approximate surface area is 326 Å². The number of ether oxygens (including phenoxy) is 2. The molecule has 1 aliphatic rings. The summed E-state index contributed by atoms with van der Waals surface area (Å²) in [5.74, 6) is -1.22. The summed E-state index contributed by atoms with van der Waals surface area (Å²) in [7, 11) is 8.65. The van der Waals surface area contributed by atoms with Crippen LogP contribution in [-0.4, -0.2) is 135 Å². The maximum absolute atomic E-state index is 14.3. The highest BCUT2D eigenvalue weighted by Crippen LogP contribution is 2.30. The highest BCUT2D eigenvalue weighted by Gasteiger charge is 2.43. The number of amides is 4. The zero-order chi connectivity index (χ0) is 40.9. The lowest BCUT2D eigenvalue weighted by Crippen LogP contribution is -2.59. The van der Waals surface area contributed by atoms with E-state index in [4.69, 9.17) is 15.2 Å². The van der Waals surface area contributed by atoms with Crippen LogP contribution >= 0.6 is 0 Å². The van der Waals surface area contributed by atoms with Crippen molar-refractivity contribution in [3.05, 3.63) is 42.5 Å². The van der Waals surface area contributed by atoms with Crippen LogP contribution in [0.5, 0.6) is 0 Å². The van der Waals surface area contributed by atoms with Crippen molar-refractivity contribution in [3.8, 4) is 0 Å². The molecule has 306 valence electrons. The van der Waals surface area contributed by atoms with E-state index in [1.807, 2.05) is 82.8 Å². The summed E-state index contributed by atoms with van der Waals surface area (Å²) < 4.78 is 12.1. The Kier molecular flexibility index (Phi) is 19.2. The Morgan fingerprint density at radius 1 is 1.02 bits per heavy atom. The number of nitrogens with zero attached hydrogens (tertiary/aromatic N) is 4. The van der Waals surface area contributed by atoms with Gasteiger partial charge >= 0.3 is 0 Å². The van der Waals surface area contributed by atoms with E-state index >= 15 is 0 Å². The van der Waals surface area contributed by atoms with Crippen LogP contribution in [-0.2, 0) is 35.1 Å². The molecule has 0 unspecified atom stereocenters. The van der Waals surface area contributed by atoms with Gasteiger partial charge in [-0.2, -0.15) is 0 Å². The van der Waals surface area contributed by atoms with E-state index in [0.29, 0.717) is 38.2 Å². The molecule has 0 bridgehead atoms. The largest absolute Gasteiger partial charge is 0.399 e. The number of anilines is 1. The maximum Gasteiger partial charge on any atom is 0.245 e. The second kappa shape index (κ2) is 22.2. The summed E-state index contributed by atoms with van der Waals surface area (Å²) in [5, 5.41) is 3.05. The predicted octanol–water partition coefficient (Wildman–Crippen LogP) is 4.47. The molecule has 1 fully saturated rings. The van der Waals surface area contributed by atoms with Gasteiger partial charge in [-0.15, -0.1) is 6.58 Å². The summed E-state index contributed by atoms with van der Waals surface area (Å²) in [6, 6.07) is 5.79. The van der Waals surface area contributed by atoms with Crippen molar-refractivity contribution in [3.63, 3.8) is 0 Å². The first-order valence-electron chi connectivity index (χ1n) is 19.8. The summed E-state index contributed by atoms with van der Waals surface area (Å²) in [5.41, 5.74) is 7.71. The quantitative estimate of drug-likeness (QED) is 0.131. The number of benzene rings is 1. The molecular formula is C42H72N6O6. The van der Waals surface area contributed by atoms with Crippen LogP contribution in [0.1, 0.15) is 79.7 Å². The maximum atomic E-state index is 14.3. The van der Waals surface area contributed by atoms with Gasteiger partial charge in [-0.1, -0.05) is 73.1 Å². The molecule has 8 atom stereocenters. The number of nitrogens with two attached hydrogens (primary N) is 1. The number of nitrogens with one attached hydrogen (secondary N) is 1. The van der Waals surface area contributed by atoms with Crippen LogP contribution in [0.15, 0.2) is 36.9 Å². The van der Waals surface area contributed by atoms with E-state index in [1.165, 1.54) is 0 Å². The van der Waals surface area contributed by atoms with Crippen molar-refractivity contribution in [2.45, 2.75) is 117 Å². The number of hydrogen-bond donors (Lipinski definition) is 2. The van der Waals surface area contributed by atoms with Gasteiger partial charge in [-0.3, -0.25) is 24.1 Å². The third-order valence-corrected chi connectivity index (χ3v) is 11.2. The van der Waals surface area contributed by atoms with E-state index in [0.717, 1.165) is 18.4 Å². The first-order chi connectivity index (χ1) is 25.4. The average Bonchev–Trinajstić information content (AvgIpc) is 3.60. The van der Waals surface area contributed by atoms with Crippen LogP contribution in [0, 0.1) is 23.7 Å². The first kappa shape index (κ1) is 46.7. The molecule has 2 rings (SSSR count). The van der Waals surface area contributed by atoms with Gasteiger partial charge in [0.05, 0.1) is 42.7 Å². The topological polar surface area (TPSA) is 138 Å². The van der Waals surface area contributed by atoms with Gasteiger partial charge in [0, 0.05) is 46.6 Å². The van der Waals surface area contributed by atoms with Gasteiger partial charge in [0.25, 0.3) is 0 Å². The summed E-state index contributed by atoms with van der Waals surface area (Å²) in [4.78, 5) is 63.1. The molecule has 54 heavy (non-hydrogen) atoms. The summed E-state index contributed by atoms with van der Waals surface area (Å²) in [6.07, 6.45) is 3.54. The van der Waals surface area contributed by atoms with Gasteiger partial charge < -0.3 is 35.2 Å². The number of nitrogen functional groups attached to an aromatic ring is 1. The van der Waals surface area contributed by atoms with E-state index in [-0.39, 0.29) is 59.9 Å². The van der Waals surface area contributed by atoms with Crippen molar-refractivity contribution in [1.29, 1.82) is 0 Å². The summed E-state index contributed by atoms with van der Waals surface area (Å²) in [6.45, 7) is 19.1. The van der Waals surface area contributed by atoms with E-state index in [1.54, 1.807) is 37.1 Å². The number of likely N-dealkylation sites (tertiary alicyclic amines) is 1. The van der Waals surface area contributed by atoms with Crippen molar-refractivity contribution < 1.29 is 28.7 Å². The van der Waals surface area contributed by atoms with Crippen LogP contribution in [0.4, 0.5) is 5.69 Å². The Hall–Kier alpha value is -3.48. The molecule has 0 saturated carbocycles. The normalized spacial score (nSPS) is 18.5. The smallest absolute Gasteiger partial charge is 0.245 e. The van der Waals surface area contributed by atoms with E-state index in [2.05, 4.69) is 25.7 Å². The highest BCUT2D eigenvalue weighted by atomic mass is 16.5. The monoisotopic (exact) mass is 757 g/mol. The molecule has 0 aliphatic carbocycles. The predicted molar refractivity (Wildman–Crippen MR) is 217 cm³/mol. The SMILES string of the molecule is C=CCN(CCc1cccc(N)c1)C(=O)[C@H](C)[C@@H](OC)[C@@H]1CCCN1C(=O)C[C@@H](OC)[C@H]([C@@H](C)CC)N(C)C(=O)[C@@H](NC(=O)[C@H](C(C)C)N(C)C)C(C)C. The Bertz CT molecular complexity index is 1360. The number of carbonyl (C=O) groups is 4. The molecule has 0 spiro atoms. The lowest BCUT2D eigenvalue weighted by Gasteiger charge is -2.41. The van der Waals surface area contributed by atoms with Crippen molar-refractivity contribution in [2.75, 3.05) is 60.7 Å². The van der Waals surface area contributed by atoms with E-state index < -0.39 is 30.2 Å². The Morgan fingerprint density at radius 3 is 2.20 bits per heavy atom. The fraction of sp³-hybridized carbons (Fsp3) is 0.714. The molecule has 1 heterocycles. The van der Waals surface area contributed by atoms with Crippen molar-refractivity contribution in [1.82, 2.24) is 24.9 Å². The molecule has 1 aromatic rings. The molecule has 0 aromatic heterocycles. The minimum absolute atomic E-state index is 0.00712. The summed E-state index contributed by atoms with van der Waals surface area (Å²) >= 11 is 0. The van der Waals surface area contributed by atoms with E-state index in [9.17, 15) is 19.2 Å². The average molecular weight is 757 g/mol. The van der Waals surface area contributed by atoms with Gasteiger partial charge in [-0.05, 0) is 68.8 Å². The van der Waals surface area contributed by atoms with Crippen LogP contribution in [0.2, 0.25) is 0 Å². The standard InChI is InChI=1S/C42H72N6O6/c1-14-22-47(24-21-31-18-16-19-32(43)25-31)41(51)30(8)39(54-13)33-20-17-23-48(33)35(49)26-34(53-12)38(29(7)15-2)46(11)42(52)36(27(3)4)44-40(50)37(28(5)6)45(9)10/h14,16,18-19,25,27-30,33-34,36-39H,1,15,17,20-24,26,43H2,2-13H3,(H,44,50)/t29-,30+,33-,34+,36-,37-,38-,39+/m0/s1. The molecule has 0 radical (unpaired) electrons. The van der Waals surface area contributed by atoms with Crippen LogP contribution in [0.3, 0.4) is 0 Å². The number of hydrogen-bond acceptors (Lipinski definition) is 8. The molecule has 1 aliphatic heterocycles. The molecule has 1 saturated heterocycles. The zero-order valence-electron chi connectivity index (χ0n) is 35.3. The van der Waals surface area contributed by atoms with Crippen LogP contribution < -0.4 is 11.1 Å². The molecular weight excluding hydrogens is 684 g/mol. The molecule has 12 heteroatoms. The van der Waals surface area contributed by atoms with Gasteiger partial charge in [-0.25, -0.2) is 0 Å². The third-order valence-electron chi connectivity index (χ3n) is 11.2. The first-order valence-corrected chi connectivity index (χ1v) is 19.8. The highest BCUT2D eigenvalue weighted by molar-refractivity contribution is 5.90. The lowest BCUT2D eigenvalue weighted by atomic mass is 9.89. The lowest BCUT2D eigenvalue weighted by molar-refractivity contribution is -0.149. The second-order valence-electron chi connectivity index (χ2n) is 16.0. The third kappa shape index (κ3) is 12.3. The zero-order valence-corrected chi connectivity index (χ0v) is 35.3. The molecule has 1 aromatic carbocycles. The Balaban J connectivity index is 2.29. The molecule has 3 N–H and O–H groups in total. The minimum atomic E-state index is -0.751. The van der Waals surface area contributed by atoms with Crippen molar-refractivity contribution >= 4 is 29.3 Å². The Morgan fingerprint density at radius 2 is 1.69 bits per heavy atom. The fourth-order valence-corrected chi connectivity index (χ4v) is 8.15. The molecule has 12 nitrogen and oxygen atoms in total. The molecule has 4 amide bonds. The number of likely N-dealkylation sites (N-methyl/N-ethyl adjacent to an activating group) is 2. The number of carbonyl (C=O) groups excluding carboxylic acids is 4.